The highest BCUT2D eigenvalue weighted by molar-refractivity contribution is 6.32. The second-order valence-corrected chi connectivity index (χ2v) is 10.1. The Morgan fingerprint density at radius 2 is 2.18 bits per heavy atom. The number of aliphatic hydroxyl groups is 1. The molecule has 5 rings (SSSR count). The fourth-order valence-electron chi connectivity index (χ4n) is 5.00. The van der Waals surface area contributed by atoms with Crippen LogP contribution >= 0.6 is 23.2 Å². The van der Waals surface area contributed by atoms with Crippen molar-refractivity contribution in [2.24, 2.45) is 5.92 Å². The van der Waals surface area contributed by atoms with Gasteiger partial charge in [0.05, 0.1) is 41.8 Å². The molecule has 176 valence electrons. The molecule has 2 N–H and O–H groups in total. The number of anilines is 1. The maximum absolute atomic E-state index is 12.7. The van der Waals surface area contributed by atoms with Gasteiger partial charge in [0, 0.05) is 41.7 Å². The monoisotopic (exact) mass is 489 g/mol. The number of benzene rings is 1. The van der Waals surface area contributed by atoms with Gasteiger partial charge in [0.2, 0.25) is 5.91 Å². The predicted octanol–water partition coefficient (Wildman–Crippen LogP) is 2.88. The first kappa shape index (κ1) is 22.7. The molecule has 0 radical (unpaired) electrons. The smallest absolute Gasteiger partial charge is 0.240 e. The maximum atomic E-state index is 12.7. The number of nitrogens with zero attached hydrogens (tertiary/aromatic N) is 4. The maximum Gasteiger partial charge on any atom is 0.240 e. The molecule has 2 aliphatic heterocycles. The predicted molar refractivity (Wildman–Crippen MR) is 132 cm³/mol. The molecule has 3 heterocycles. The fraction of sp³-hybridized carbons (Fsp3) is 0.500. The van der Waals surface area contributed by atoms with E-state index in [1.807, 2.05) is 27.9 Å². The summed E-state index contributed by atoms with van der Waals surface area (Å²) >= 11 is 12.7. The third-order valence-corrected chi connectivity index (χ3v) is 7.82. The lowest BCUT2D eigenvalue weighted by Gasteiger charge is -2.44. The summed E-state index contributed by atoms with van der Waals surface area (Å²) in [6.07, 6.45) is 8.58. The van der Waals surface area contributed by atoms with E-state index in [-0.39, 0.29) is 41.9 Å². The Labute approximate surface area is 203 Å². The molecule has 1 amide bonds. The van der Waals surface area contributed by atoms with Gasteiger partial charge in [-0.2, -0.15) is 5.10 Å². The molecule has 9 heteroatoms. The van der Waals surface area contributed by atoms with E-state index in [2.05, 4.69) is 46.5 Å². The minimum Gasteiger partial charge on any atom is -0.394 e. The van der Waals surface area contributed by atoms with E-state index in [1.165, 1.54) is 0 Å². The van der Waals surface area contributed by atoms with Gasteiger partial charge in [-0.1, -0.05) is 17.7 Å². The number of nitrogens with one attached hydrogen (secondary N) is 1. The molecular formula is C24H29Cl2N5O2. The third kappa shape index (κ3) is 4.28. The fourth-order valence-corrected chi connectivity index (χ4v) is 5.70. The highest BCUT2D eigenvalue weighted by Crippen LogP contribution is 2.34. The van der Waals surface area contributed by atoms with Crippen molar-refractivity contribution in [1.82, 2.24) is 20.0 Å². The second kappa shape index (κ2) is 9.29. The minimum atomic E-state index is -0.214. The molecule has 0 spiro atoms. The number of carbonyl (C=O) groups excluding carboxylic acids is 1. The Morgan fingerprint density at radius 1 is 1.36 bits per heavy atom. The van der Waals surface area contributed by atoms with Gasteiger partial charge < -0.3 is 20.2 Å². The van der Waals surface area contributed by atoms with Crippen LogP contribution in [0.2, 0.25) is 0 Å². The first-order valence-corrected chi connectivity index (χ1v) is 12.3. The number of hydrogen-bond donors (Lipinski definition) is 2. The van der Waals surface area contributed by atoms with Gasteiger partial charge >= 0.3 is 0 Å². The summed E-state index contributed by atoms with van der Waals surface area (Å²) < 4.78 is 2.03. The normalized spacial score (nSPS) is 28.5. The number of carbonyl (C=O) groups is 1. The Hall–Kier alpha value is -2.06. The zero-order valence-corrected chi connectivity index (χ0v) is 20.1. The van der Waals surface area contributed by atoms with Crippen molar-refractivity contribution in [3.63, 3.8) is 0 Å². The summed E-state index contributed by atoms with van der Waals surface area (Å²) in [5, 5.41) is 19.4. The van der Waals surface area contributed by atoms with Crippen LogP contribution in [0.25, 0.3) is 10.9 Å². The number of amides is 1. The molecule has 3 unspecified atom stereocenters. The van der Waals surface area contributed by atoms with Crippen molar-refractivity contribution in [2.75, 3.05) is 37.7 Å². The molecule has 0 saturated carbocycles. The topological polar surface area (TPSA) is 73.6 Å². The molecule has 2 saturated heterocycles. The van der Waals surface area contributed by atoms with Crippen LogP contribution < -0.4 is 10.2 Å². The van der Waals surface area contributed by atoms with Crippen molar-refractivity contribution in [1.29, 1.82) is 0 Å². The molecule has 5 atom stereocenters. The standard InChI is InChI=1S/C24H29Cl2N5O2/c1-15(20-5-3-17(25)10-21(20)26)31-23-11-18(4-2-16(23)12-28-31)29-8-9-30(19(13-29)14-32)24(33)22-6-7-27-22/h2-5,10-12,15,19-22,27,32H,6-9,13-14H2,1H3/t15-,19+,20?,21?,22?/m1/s1. The van der Waals surface area contributed by atoms with E-state index in [4.69, 9.17) is 23.2 Å². The van der Waals surface area contributed by atoms with Crippen molar-refractivity contribution in [3.8, 4) is 0 Å². The number of rotatable bonds is 5. The third-order valence-electron chi connectivity index (χ3n) is 7.15. The summed E-state index contributed by atoms with van der Waals surface area (Å²) in [7, 11) is 0. The second-order valence-electron chi connectivity index (χ2n) is 9.11. The first-order chi connectivity index (χ1) is 16.0. The van der Waals surface area contributed by atoms with Gasteiger partial charge in [0.25, 0.3) is 0 Å². The summed E-state index contributed by atoms with van der Waals surface area (Å²) in [5.74, 6) is 0.182. The van der Waals surface area contributed by atoms with E-state index in [1.54, 1.807) is 0 Å². The van der Waals surface area contributed by atoms with Gasteiger partial charge in [-0.05, 0) is 50.2 Å². The largest absolute Gasteiger partial charge is 0.394 e. The van der Waals surface area contributed by atoms with Crippen molar-refractivity contribution >= 4 is 45.7 Å². The number of piperazine rings is 1. The van der Waals surface area contributed by atoms with Gasteiger partial charge in [0.15, 0.2) is 0 Å². The summed E-state index contributed by atoms with van der Waals surface area (Å²) in [6, 6.07) is 6.06. The average Bonchev–Trinajstić information content (AvgIpc) is 3.20. The zero-order chi connectivity index (χ0) is 23.1. The average molecular weight is 490 g/mol. The van der Waals surface area contributed by atoms with Crippen molar-refractivity contribution in [2.45, 2.75) is 36.8 Å². The molecule has 2 fully saturated rings. The van der Waals surface area contributed by atoms with Crippen LogP contribution in [-0.2, 0) is 4.79 Å². The number of halogens is 2. The Bertz CT molecular complexity index is 1100. The molecular weight excluding hydrogens is 461 g/mol. The zero-order valence-electron chi connectivity index (χ0n) is 18.6. The molecule has 1 aromatic heterocycles. The molecule has 3 aliphatic rings. The summed E-state index contributed by atoms with van der Waals surface area (Å²) in [4.78, 5) is 16.8. The Kier molecular flexibility index (Phi) is 6.40. The van der Waals surface area contributed by atoms with Crippen LogP contribution in [0, 0.1) is 5.92 Å². The highest BCUT2D eigenvalue weighted by atomic mass is 35.5. The molecule has 33 heavy (non-hydrogen) atoms. The highest BCUT2D eigenvalue weighted by Gasteiger charge is 2.36. The van der Waals surface area contributed by atoms with E-state index in [9.17, 15) is 9.90 Å². The quantitative estimate of drug-likeness (QED) is 0.631. The summed E-state index contributed by atoms with van der Waals surface area (Å²) in [6.45, 7) is 4.89. The van der Waals surface area contributed by atoms with Gasteiger partial charge in [0.1, 0.15) is 0 Å². The molecule has 2 aromatic rings. The van der Waals surface area contributed by atoms with Crippen molar-refractivity contribution < 1.29 is 9.90 Å². The lowest BCUT2D eigenvalue weighted by Crippen LogP contribution is -2.63. The van der Waals surface area contributed by atoms with Crippen LogP contribution in [0.5, 0.6) is 0 Å². The van der Waals surface area contributed by atoms with Crippen LogP contribution in [0.1, 0.15) is 19.4 Å². The summed E-state index contributed by atoms with van der Waals surface area (Å²) in [5.41, 5.74) is 2.10. The molecule has 0 bridgehead atoms. The minimum absolute atomic E-state index is 0.0482. The van der Waals surface area contributed by atoms with Crippen molar-refractivity contribution in [3.05, 3.63) is 47.7 Å². The number of aromatic nitrogens is 2. The van der Waals surface area contributed by atoms with E-state index in [0.717, 1.165) is 36.1 Å². The van der Waals surface area contributed by atoms with E-state index in [0.29, 0.717) is 18.1 Å². The number of hydrogen-bond acceptors (Lipinski definition) is 5. The van der Waals surface area contributed by atoms with Crippen LogP contribution in [0.4, 0.5) is 5.69 Å². The van der Waals surface area contributed by atoms with Crippen LogP contribution in [0.15, 0.2) is 47.7 Å². The van der Waals surface area contributed by atoms with Crippen LogP contribution in [0.3, 0.4) is 0 Å². The molecule has 1 aliphatic carbocycles. The molecule has 1 aromatic carbocycles. The SMILES string of the molecule is C[C@H](C1C=CC(Cl)=CC1Cl)n1ncc2ccc(N3CCN(C(=O)C4CCN4)[C@H](CO)C3)cc21. The Balaban J connectivity index is 1.36. The lowest BCUT2D eigenvalue weighted by molar-refractivity contribution is -0.139. The van der Waals surface area contributed by atoms with Gasteiger partial charge in [-0.15, -0.1) is 11.6 Å². The van der Waals surface area contributed by atoms with Gasteiger partial charge in [-0.25, -0.2) is 0 Å². The number of fused-ring (bicyclic) bond motifs is 1. The Morgan fingerprint density at radius 3 is 2.88 bits per heavy atom. The number of alkyl halides is 1. The van der Waals surface area contributed by atoms with Crippen LogP contribution in [-0.4, -0.2) is 75.9 Å². The van der Waals surface area contributed by atoms with Gasteiger partial charge in [-0.3, -0.25) is 9.48 Å². The molecule has 7 nitrogen and oxygen atoms in total. The first-order valence-electron chi connectivity index (χ1n) is 11.5. The van der Waals surface area contributed by atoms with E-state index < -0.39 is 0 Å². The lowest BCUT2D eigenvalue weighted by atomic mass is 9.93. The van der Waals surface area contributed by atoms with E-state index >= 15 is 0 Å². The number of allylic oxidation sites excluding steroid dienone is 4. The number of aliphatic hydroxyl groups excluding tert-OH is 1.